The molecule has 6 heteroatoms. The molecule has 12 heavy (non-hydrogen) atoms. The van der Waals surface area contributed by atoms with Gasteiger partial charge in [0.25, 0.3) is 0 Å². The third kappa shape index (κ3) is 4.04. The molecule has 0 fully saturated rings. The van der Waals surface area contributed by atoms with E-state index < -0.39 is 29.8 Å². The minimum absolute atomic E-state index is 0.477. The van der Waals surface area contributed by atoms with Gasteiger partial charge in [-0.05, 0) is 5.57 Å². The van der Waals surface area contributed by atoms with Gasteiger partial charge in [-0.3, -0.25) is 4.79 Å². The molecule has 0 unspecified atom stereocenters. The van der Waals surface area contributed by atoms with Crippen LogP contribution >= 0.6 is 0 Å². The summed E-state index contributed by atoms with van der Waals surface area (Å²) < 4.78 is 0. The molecular weight excluding hydrogens is 166 g/mol. The van der Waals surface area contributed by atoms with Crippen LogP contribution in [-0.4, -0.2) is 17.8 Å². The number of amides is 1. The predicted octanol–water partition coefficient (Wildman–Crippen LogP) is -3.71. The van der Waals surface area contributed by atoms with Crippen LogP contribution in [-0.2, 0) is 14.4 Å². The highest BCUT2D eigenvalue weighted by Crippen LogP contribution is 1.97. The lowest BCUT2D eigenvalue weighted by atomic mass is 10.2. The number of hydrogen-bond donors (Lipinski definition) is 1. The second kappa shape index (κ2) is 4.12. The van der Waals surface area contributed by atoms with E-state index in [4.69, 9.17) is 0 Å². The van der Waals surface area contributed by atoms with Gasteiger partial charge >= 0.3 is 0 Å². The Hall–Kier alpha value is -1.85. The molecule has 0 aromatic heterocycles. The van der Waals surface area contributed by atoms with Crippen LogP contribution in [0.1, 0.15) is 6.42 Å². The van der Waals surface area contributed by atoms with Crippen LogP contribution in [0, 0.1) is 0 Å². The van der Waals surface area contributed by atoms with E-state index in [9.17, 15) is 24.6 Å². The number of carbonyl (C=O) groups excluding carboxylic acids is 3. The largest absolute Gasteiger partial charge is 0.550 e. The molecule has 0 bridgehead atoms. The summed E-state index contributed by atoms with van der Waals surface area (Å²) in [5, 5.41) is 20.0. The molecule has 0 aliphatic heterocycles. The van der Waals surface area contributed by atoms with Crippen LogP contribution in [0.3, 0.4) is 0 Å². The van der Waals surface area contributed by atoms with E-state index in [2.05, 4.69) is 5.73 Å². The molecule has 0 radical (unpaired) electrons. The molecule has 0 aliphatic rings. The van der Waals surface area contributed by atoms with Crippen molar-refractivity contribution in [1.82, 2.24) is 0 Å². The first-order valence-corrected chi connectivity index (χ1v) is 2.84. The van der Waals surface area contributed by atoms with Crippen molar-refractivity contribution >= 4 is 17.8 Å². The number of primary amides is 1. The number of nitrogens with two attached hydrogens (primary N) is 1. The molecule has 0 rings (SSSR count). The summed E-state index contributed by atoms with van der Waals surface area (Å²) in [4.78, 5) is 30.1. The molecular formula is C6H5NO5-2. The lowest BCUT2D eigenvalue weighted by Crippen LogP contribution is -2.31. The number of carboxylic acids is 2. The lowest BCUT2D eigenvalue weighted by molar-refractivity contribution is -0.309. The van der Waals surface area contributed by atoms with Crippen LogP contribution in [0.15, 0.2) is 11.6 Å². The summed E-state index contributed by atoms with van der Waals surface area (Å²) in [7, 11) is 0. The standard InChI is InChI=1S/C6H7NO5/c7-4(8)1-3(6(11)12)2-5(9)10/h1H,2H2,(H2,7,8)(H,9,10)(H,11,12)/p-2/b3-1-. The summed E-state index contributed by atoms with van der Waals surface area (Å²) >= 11 is 0. The molecule has 2 N–H and O–H groups in total. The number of carbonyl (C=O) groups is 3. The Kier molecular flexibility index (Phi) is 3.48. The second-order valence-electron chi connectivity index (χ2n) is 1.91. The highest BCUT2D eigenvalue weighted by Gasteiger charge is 2.00. The molecule has 0 aromatic rings. The average Bonchev–Trinajstić information content (AvgIpc) is 1.83. The van der Waals surface area contributed by atoms with E-state index in [-0.39, 0.29) is 0 Å². The quantitative estimate of drug-likeness (QED) is 0.436. The average molecular weight is 171 g/mol. The van der Waals surface area contributed by atoms with Gasteiger partial charge in [0.15, 0.2) is 0 Å². The second-order valence-corrected chi connectivity index (χ2v) is 1.91. The Morgan fingerprint density at radius 2 is 1.75 bits per heavy atom. The summed E-state index contributed by atoms with van der Waals surface area (Å²) in [5.41, 5.74) is 3.88. The maximum absolute atomic E-state index is 10.1. The topological polar surface area (TPSA) is 123 Å². The molecule has 0 aromatic carbocycles. The minimum atomic E-state index is -1.75. The van der Waals surface area contributed by atoms with Crippen molar-refractivity contribution in [2.24, 2.45) is 5.73 Å². The molecule has 0 saturated heterocycles. The highest BCUT2D eigenvalue weighted by atomic mass is 16.4. The van der Waals surface area contributed by atoms with Crippen molar-refractivity contribution < 1.29 is 24.6 Å². The normalized spacial score (nSPS) is 10.8. The van der Waals surface area contributed by atoms with Gasteiger partial charge < -0.3 is 25.5 Å². The van der Waals surface area contributed by atoms with Crippen LogP contribution in [0.2, 0.25) is 0 Å². The third-order valence-electron chi connectivity index (χ3n) is 0.913. The highest BCUT2D eigenvalue weighted by molar-refractivity contribution is 5.98. The Balaban J connectivity index is 4.55. The van der Waals surface area contributed by atoms with Gasteiger partial charge in [0, 0.05) is 18.5 Å². The first-order chi connectivity index (χ1) is 5.43. The fourth-order valence-electron chi connectivity index (χ4n) is 0.509. The van der Waals surface area contributed by atoms with Crippen molar-refractivity contribution in [1.29, 1.82) is 0 Å². The Bertz CT molecular complexity index is 255. The van der Waals surface area contributed by atoms with Gasteiger partial charge in [0.05, 0.1) is 5.97 Å². The van der Waals surface area contributed by atoms with Crippen LogP contribution in [0.5, 0.6) is 0 Å². The van der Waals surface area contributed by atoms with Gasteiger partial charge in [0.1, 0.15) is 0 Å². The summed E-state index contributed by atoms with van der Waals surface area (Å²) in [6, 6.07) is 0. The molecule has 6 nitrogen and oxygen atoms in total. The van der Waals surface area contributed by atoms with Gasteiger partial charge in [-0.2, -0.15) is 0 Å². The maximum Gasteiger partial charge on any atom is 0.241 e. The number of aliphatic carboxylic acids is 2. The smallest absolute Gasteiger partial charge is 0.241 e. The number of carboxylic acid groups (broad SMARTS) is 2. The predicted molar refractivity (Wildman–Crippen MR) is 31.9 cm³/mol. The van der Waals surface area contributed by atoms with Crippen molar-refractivity contribution in [3.63, 3.8) is 0 Å². The van der Waals surface area contributed by atoms with E-state index in [1.54, 1.807) is 0 Å². The van der Waals surface area contributed by atoms with Crippen LogP contribution in [0.25, 0.3) is 0 Å². The number of hydrogen-bond acceptors (Lipinski definition) is 5. The minimum Gasteiger partial charge on any atom is -0.550 e. The third-order valence-corrected chi connectivity index (χ3v) is 0.913. The molecule has 0 saturated carbocycles. The zero-order chi connectivity index (χ0) is 9.72. The first-order valence-electron chi connectivity index (χ1n) is 2.84. The fraction of sp³-hybridized carbons (Fsp3) is 0.167. The summed E-state index contributed by atoms with van der Waals surface area (Å²) in [5.74, 6) is -4.42. The van der Waals surface area contributed by atoms with E-state index in [1.807, 2.05) is 0 Å². The van der Waals surface area contributed by atoms with Gasteiger partial charge in [-0.1, -0.05) is 0 Å². The van der Waals surface area contributed by atoms with Crippen molar-refractivity contribution in [3.05, 3.63) is 11.6 Å². The van der Waals surface area contributed by atoms with Gasteiger partial charge in [-0.25, -0.2) is 0 Å². The summed E-state index contributed by atoms with van der Waals surface area (Å²) in [6.45, 7) is 0. The SMILES string of the molecule is NC(=O)/C=C(/CC(=O)[O-])C(=O)[O-]. The van der Waals surface area contributed by atoms with Crippen molar-refractivity contribution in [3.8, 4) is 0 Å². The zero-order valence-corrected chi connectivity index (χ0v) is 5.90. The zero-order valence-electron chi connectivity index (χ0n) is 5.90. The van der Waals surface area contributed by atoms with Gasteiger partial charge in [0.2, 0.25) is 5.91 Å². The van der Waals surface area contributed by atoms with E-state index >= 15 is 0 Å². The van der Waals surface area contributed by atoms with E-state index in [1.165, 1.54) is 0 Å². The van der Waals surface area contributed by atoms with Crippen LogP contribution < -0.4 is 15.9 Å². The van der Waals surface area contributed by atoms with Crippen LogP contribution in [0.4, 0.5) is 0 Å². The Labute approximate surface area is 67.3 Å². The fourth-order valence-corrected chi connectivity index (χ4v) is 0.509. The maximum atomic E-state index is 10.1. The van der Waals surface area contributed by atoms with Gasteiger partial charge in [-0.15, -0.1) is 0 Å². The van der Waals surface area contributed by atoms with E-state index in [0.29, 0.717) is 6.08 Å². The summed E-state index contributed by atoms with van der Waals surface area (Å²) in [6.07, 6.45) is -0.420. The lowest BCUT2D eigenvalue weighted by Gasteiger charge is -2.07. The first kappa shape index (κ1) is 10.2. The van der Waals surface area contributed by atoms with E-state index in [0.717, 1.165) is 0 Å². The molecule has 0 aliphatic carbocycles. The molecule has 66 valence electrons. The molecule has 1 amide bonds. The molecule has 0 heterocycles. The number of rotatable bonds is 4. The molecule has 0 atom stereocenters. The Morgan fingerprint density at radius 3 is 2.00 bits per heavy atom. The van der Waals surface area contributed by atoms with Crippen molar-refractivity contribution in [2.75, 3.05) is 0 Å². The molecule has 0 spiro atoms. The monoisotopic (exact) mass is 171 g/mol. The Morgan fingerprint density at radius 1 is 1.25 bits per heavy atom. The van der Waals surface area contributed by atoms with Crippen molar-refractivity contribution in [2.45, 2.75) is 6.42 Å².